The largest absolute Gasteiger partial charge is 0.481 e. The molecule has 4 rings (SSSR count). The average molecular weight is 417 g/mol. The van der Waals surface area contributed by atoms with Gasteiger partial charge in [0, 0.05) is 5.92 Å². The molecular formula is C25H23NO5. The highest BCUT2D eigenvalue weighted by atomic mass is 16.5. The number of carbonyl (C=O) groups is 2. The van der Waals surface area contributed by atoms with E-state index in [1.54, 1.807) is 30.3 Å². The minimum Gasteiger partial charge on any atom is -0.481 e. The summed E-state index contributed by atoms with van der Waals surface area (Å²) in [5.41, 5.74) is 5.06. The Kier molecular flexibility index (Phi) is 6.00. The summed E-state index contributed by atoms with van der Waals surface area (Å²) < 4.78 is 5.54. The molecular weight excluding hydrogens is 394 g/mol. The first-order valence-electron chi connectivity index (χ1n) is 10.1. The Balaban J connectivity index is 1.48. The lowest BCUT2D eigenvalue weighted by atomic mass is 9.98. The van der Waals surface area contributed by atoms with Gasteiger partial charge in [-0.05, 0) is 27.8 Å². The molecule has 31 heavy (non-hydrogen) atoms. The quantitative estimate of drug-likeness (QED) is 0.538. The van der Waals surface area contributed by atoms with Crippen molar-refractivity contribution in [3.63, 3.8) is 0 Å². The predicted molar refractivity (Wildman–Crippen MR) is 116 cm³/mol. The number of benzene rings is 3. The highest BCUT2D eigenvalue weighted by molar-refractivity contribution is 5.79. The Morgan fingerprint density at radius 1 is 0.871 bits per heavy atom. The summed E-state index contributed by atoms with van der Waals surface area (Å²) in [4.78, 5) is 23.7. The Bertz CT molecular complexity index is 1040. The molecule has 1 aliphatic carbocycles. The number of ether oxygens (including phenoxy) is 1. The van der Waals surface area contributed by atoms with Gasteiger partial charge in [0.05, 0.1) is 18.6 Å². The van der Waals surface area contributed by atoms with Crippen molar-refractivity contribution in [2.45, 2.75) is 24.5 Å². The van der Waals surface area contributed by atoms with E-state index >= 15 is 0 Å². The summed E-state index contributed by atoms with van der Waals surface area (Å²) in [5, 5.41) is 22.0. The lowest BCUT2D eigenvalue weighted by molar-refractivity contribution is -0.139. The molecule has 0 fully saturated rings. The molecule has 158 valence electrons. The summed E-state index contributed by atoms with van der Waals surface area (Å²) in [5.74, 6) is -1.24. The van der Waals surface area contributed by atoms with E-state index in [1.807, 2.05) is 36.4 Å². The number of hydrogen-bond acceptors (Lipinski definition) is 4. The van der Waals surface area contributed by atoms with E-state index in [9.17, 15) is 14.7 Å². The molecule has 0 saturated carbocycles. The fraction of sp³-hybridized carbons (Fsp3) is 0.200. The maximum absolute atomic E-state index is 12.6. The van der Waals surface area contributed by atoms with E-state index in [4.69, 9.17) is 9.84 Å². The highest BCUT2D eigenvalue weighted by Crippen LogP contribution is 2.44. The number of carboxylic acids is 1. The fourth-order valence-corrected chi connectivity index (χ4v) is 4.13. The third-order valence-corrected chi connectivity index (χ3v) is 5.54. The van der Waals surface area contributed by atoms with E-state index in [0.717, 1.165) is 22.3 Å². The third kappa shape index (κ3) is 4.44. The molecule has 2 atom stereocenters. The molecule has 6 heteroatoms. The first-order valence-corrected chi connectivity index (χ1v) is 10.1. The lowest BCUT2D eigenvalue weighted by Gasteiger charge is -2.24. The summed E-state index contributed by atoms with van der Waals surface area (Å²) in [6, 6.07) is 23.9. The summed E-state index contributed by atoms with van der Waals surface area (Å²) in [6.07, 6.45) is -2.50. The van der Waals surface area contributed by atoms with Crippen LogP contribution in [0.25, 0.3) is 11.1 Å². The maximum atomic E-state index is 12.6. The number of carbonyl (C=O) groups excluding carboxylic acids is 1. The molecule has 1 aliphatic rings. The van der Waals surface area contributed by atoms with Gasteiger partial charge in [0.1, 0.15) is 6.61 Å². The van der Waals surface area contributed by atoms with Crippen molar-refractivity contribution < 1.29 is 24.5 Å². The van der Waals surface area contributed by atoms with Crippen LogP contribution in [0.4, 0.5) is 4.79 Å². The van der Waals surface area contributed by atoms with Gasteiger partial charge in [-0.25, -0.2) is 4.79 Å². The minimum atomic E-state index is -1.29. The van der Waals surface area contributed by atoms with Crippen molar-refractivity contribution in [2.24, 2.45) is 0 Å². The molecule has 3 N–H and O–H groups in total. The second kappa shape index (κ2) is 9.02. The van der Waals surface area contributed by atoms with Gasteiger partial charge in [0.25, 0.3) is 0 Å². The molecule has 0 saturated heterocycles. The first-order chi connectivity index (χ1) is 15.0. The zero-order chi connectivity index (χ0) is 21.8. The van der Waals surface area contributed by atoms with Crippen molar-refractivity contribution in [3.05, 3.63) is 95.6 Å². The van der Waals surface area contributed by atoms with Gasteiger partial charge in [-0.2, -0.15) is 0 Å². The number of amides is 1. The van der Waals surface area contributed by atoms with E-state index in [-0.39, 0.29) is 12.5 Å². The highest BCUT2D eigenvalue weighted by Gasteiger charge is 2.30. The SMILES string of the molecule is O=C(O)C[C@@H](O)[C@H](NC(=O)OCC1c2ccccc2-c2ccccc21)c1ccccc1. The van der Waals surface area contributed by atoms with Gasteiger partial charge in [0.15, 0.2) is 0 Å². The molecule has 0 aromatic heterocycles. The molecule has 0 bridgehead atoms. The fourth-order valence-electron chi connectivity index (χ4n) is 4.13. The van der Waals surface area contributed by atoms with Gasteiger partial charge in [-0.3, -0.25) is 4.79 Å². The Morgan fingerprint density at radius 2 is 1.42 bits per heavy atom. The van der Waals surface area contributed by atoms with Gasteiger partial charge < -0.3 is 20.3 Å². The number of fused-ring (bicyclic) bond motifs is 3. The van der Waals surface area contributed by atoms with Crippen molar-refractivity contribution in [1.29, 1.82) is 0 Å². The number of alkyl carbamates (subject to hydrolysis) is 1. The molecule has 3 aromatic rings. The van der Waals surface area contributed by atoms with E-state index < -0.39 is 30.6 Å². The van der Waals surface area contributed by atoms with Crippen LogP contribution in [0.1, 0.15) is 35.1 Å². The molecule has 0 spiro atoms. The number of carboxylic acid groups (broad SMARTS) is 1. The van der Waals surface area contributed by atoms with Crippen molar-refractivity contribution in [3.8, 4) is 11.1 Å². The number of rotatable bonds is 7. The van der Waals surface area contributed by atoms with E-state index in [2.05, 4.69) is 17.4 Å². The molecule has 1 amide bonds. The van der Waals surface area contributed by atoms with Crippen LogP contribution in [0.15, 0.2) is 78.9 Å². The van der Waals surface area contributed by atoms with Crippen molar-refractivity contribution in [2.75, 3.05) is 6.61 Å². The van der Waals surface area contributed by atoms with Crippen LogP contribution in [-0.4, -0.2) is 35.0 Å². The van der Waals surface area contributed by atoms with Crippen LogP contribution < -0.4 is 5.32 Å². The predicted octanol–water partition coefficient (Wildman–Crippen LogP) is 4.10. The van der Waals surface area contributed by atoms with Crippen molar-refractivity contribution in [1.82, 2.24) is 5.32 Å². The number of aliphatic hydroxyl groups excluding tert-OH is 1. The maximum Gasteiger partial charge on any atom is 0.407 e. The third-order valence-electron chi connectivity index (χ3n) is 5.54. The van der Waals surface area contributed by atoms with Crippen LogP contribution >= 0.6 is 0 Å². The smallest absolute Gasteiger partial charge is 0.407 e. The summed E-state index contributed by atoms with van der Waals surface area (Å²) in [6.45, 7) is 0.135. The number of hydrogen-bond donors (Lipinski definition) is 3. The van der Waals surface area contributed by atoms with Crippen LogP contribution in [0.3, 0.4) is 0 Å². The second-order valence-corrected chi connectivity index (χ2v) is 7.52. The second-order valence-electron chi connectivity index (χ2n) is 7.52. The Hall–Kier alpha value is -3.64. The normalized spacial score (nSPS) is 14.2. The standard InChI is InChI=1S/C25H23NO5/c27-22(14-23(28)29)24(16-8-2-1-3-9-16)26-25(30)31-15-21-19-12-6-4-10-17(19)18-11-5-7-13-20(18)21/h1-13,21-22,24,27H,14-15H2,(H,26,30)(H,28,29)/t22-,24-/m1/s1. The lowest BCUT2D eigenvalue weighted by Crippen LogP contribution is -2.38. The number of nitrogens with one attached hydrogen (secondary N) is 1. The number of aliphatic carboxylic acids is 1. The van der Waals surface area contributed by atoms with Gasteiger partial charge in [0.2, 0.25) is 0 Å². The summed E-state index contributed by atoms with van der Waals surface area (Å²) >= 11 is 0. The molecule has 0 unspecified atom stereocenters. The van der Waals surface area contributed by atoms with Gasteiger partial charge in [-0.15, -0.1) is 0 Å². The van der Waals surface area contributed by atoms with Crippen LogP contribution in [-0.2, 0) is 9.53 Å². The molecule has 6 nitrogen and oxygen atoms in total. The first kappa shape index (κ1) is 20.6. The molecule has 0 radical (unpaired) electrons. The van der Waals surface area contributed by atoms with Gasteiger partial charge in [-0.1, -0.05) is 78.9 Å². The topological polar surface area (TPSA) is 95.9 Å². The number of aliphatic hydroxyl groups is 1. The van der Waals surface area contributed by atoms with E-state index in [0.29, 0.717) is 5.56 Å². The minimum absolute atomic E-state index is 0.0859. The average Bonchev–Trinajstić information content (AvgIpc) is 3.10. The monoisotopic (exact) mass is 417 g/mol. The zero-order valence-electron chi connectivity index (χ0n) is 16.8. The molecule has 0 heterocycles. The van der Waals surface area contributed by atoms with Crippen molar-refractivity contribution >= 4 is 12.1 Å². The van der Waals surface area contributed by atoms with E-state index in [1.165, 1.54) is 0 Å². The van der Waals surface area contributed by atoms with Crippen LogP contribution in [0.5, 0.6) is 0 Å². The molecule has 0 aliphatic heterocycles. The van der Waals surface area contributed by atoms with Gasteiger partial charge >= 0.3 is 12.1 Å². The summed E-state index contributed by atoms with van der Waals surface area (Å²) in [7, 11) is 0. The van der Waals surface area contributed by atoms with Crippen LogP contribution in [0, 0.1) is 0 Å². The zero-order valence-corrected chi connectivity index (χ0v) is 16.8. The molecule has 3 aromatic carbocycles. The van der Waals surface area contributed by atoms with Crippen LogP contribution in [0.2, 0.25) is 0 Å². The Labute approximate surface area is 180 Å². The Morgan fingerprint density at radius 3 is 2.00 bits per heavy atom.